The largest absolute Gasteiger partial charge is 0.434 e. The fourth-order valence-corrected chi connectivity index (χ4v) is 2.61. The Morgan fingerprint density at radius 1 is 1.30 bits per heavy atom. The average Bonchev–Trinajstić information content (AvgIpc) is 2.47. The van der Waals surface area contributed by atoms with Gasteiger partial charge in [0.15, 0.2) is 0 Å². The Hall–Kier alpha value is -1.24. The molecule has 1 aromatic rings. The highest BCUT2D eigenvalue weighted by molar-refractivity contribution is 5.36. The Balaban J connectivity index is 2.29. The van der Waals surface area contributed by atoms with Crippen molar-refractivity contribution in [1.82, 2.24) is 0 Å². The summed E-state index contributed by atoms with van der Waals surface area (Å²) in [4.78, 5) is 0. The van der Waals surface area contributed by atoms with Crippen LogP contribution in [-0.4, -0.2) is 31.5 Å². The van der Waals surface area contributed by atoms with Gasteiger partial charge in [0.05, 0.1) is 6.10 Å². The lowest BCUT2D eigenvalue weighted by Crippen LogP contribution is -2.41. The number of halogens is 2. The van der Waals surface area contributed by atoms with Crippen LogP contribution in [-0.2, 0) is 4.74 Å². The monoisotopic (exact) mass is 287 g/mol. The van der Waals surface area contributed by atoms with Gasteiger partial charge in [0.25, 0.3) is 0 Å². The molecule has 1 aromatic carbocycles. The highest BCUT2D eigenvalue weighted by Crippen LogP contribution is 2.44. The van der Waals surface area contributed by atoms with Crippen LogP contribution in [0.15, 0.2) is 24.3 Å². The zero-order valence-electron chi connectivity index (χ0n) is 11.1. The van der Waals surface area contributed by atoms with E-state index >= 15 is 0 Å². The summed E-state index contributed by atoms with van der Waals surface area (Å²) < 4.78 is 34.6. The Morgan fingerprint density at radius 2 is 1.95 bits per heavy atom. The molecule has 0 spiro atoms. The van der Waals surface area contributed by atoms with Crippen LogP contribution in [0.3, 0.4) is 0 Å². The van der Waals surface area contributed by atoms with Crippen molar-refractivity contribution in [2.24, 2.45) is 11.1 Å². The van der Waals surface area contributed by atoms with Crippen LogP contribution in [0.1, 0.15) is 24.5 Å². The van der Waals surface area contributed by atoms with Gasteiger partial charge in [-0.25, -0.2) is 0 Å². The number of nitrogens with two attached hydrogens (primary N) is 1. The topological polar surface area (TPSA) is 64.7 Å². The highest BCUT2D eigenvalue weighted by Gasteiger charge is 2.40. The summed E-state index contributed by atoms with van der Waals surface area (Å²) in [5.41, 5.74) is 5.61. The second-order valence-electron chi connectivity index (χ2n) is 5.00. The summed E-state index contributed by atoms with van der Waals surface area (Å²) in [7, 11) is 0. The van der Waals surface area contributed by atoms with E-state index < -0.39 is 18.1 Å². The van der Waals surface area contributed by atoms with Crippen molar-refractivity contribution in [2.45, 2.75) is 25.6 Å². The van der Waals surface area contributed by atoms with Crippen molar-refractivity contribution in [3.63, 3.8) is 0 Å². The molecule has 3 N–H and O–H groups in total. The highest BCUT2D eigenvalue weighted by atomic mass is 19.3. The predicted molar refractivity (Wildman–Crippen MR) is 69.6 cm³/mol. The van der Waals surface area contributed by atoms with Crippen molar-refractivity contribution in [3.05, 3.63) is 29.8 Å². The Morgan fingerprint density at radius 3 is 2.55 bits per heavy atom. The molecule has 112 valence electrons. The van der Waals surface area contributed by atoms with Gasteiger partial charge in [-0.3, -0.25) is 0 Å². The molecule has 1 heterocycles. The molecule has 0 aliphatic carbocycles. The minimum absolute atomic E-state index is 0.00526. The molecule has 1 fully saturated rings. The summed E-state index contributed by atoms with van der Waals surface area (Å²) in [6, 6.07) is 6.29. The molecule has 0 amide bonds. The predicted octanol–water partition coefficient (Wildman–Crippen LogP) is 2.08. The van der Waals surface area contributed by atoms with Crippen molar-refractivity contribution in [2.75, 3.05) is 19.8 Å². The van der Waals surface area contributed by atoms with Crippen molar-refractivity contribution in [3.8, 4) is 5.75 Å². The number of aliphatic hydroxyl groups excluding tert-OH is 1. The van der Waals surface area contributed by atoms with Crippen LogP contribution in [0.2, 0.25) is 0 Å². The molecule has 0 radical (unpaired) electrons. The number of aliphatic hydroxyl groups is 1. The molecule has 0 bridgehead atoms. The molecular weight excluding hydrogens is 268 g/mol. The van der Waals surface area contributed by atoms with Gasteiger partial charge in [-0.15, -0.1) is 0 Å². The SMILES string of the molecule is NCC1(C(O)c2ccccc2OC(F)F)CCOCC1. The van der Waals surface area contributed by atoms with Crippen LogP contribution < -0.4 is 10.5 Å². The second kappa shape index (κ2) is 6.47. The molecule has 0 aromatic heterocycles. The summed E-state index contributed by atoms with van der Waals surface area (Å²) in [6.07, 6.45) is 0.229. The Kier molecular flexibility index (Phi) is 4.91. The van der Waals surface area contributed by atoms with E-state index in [-0.39, 0.29) is 12.3 Å². The van der Waals surface area contributed by atoms with E-state index in [2.05, 4.69) is 4.74 Å². The van der Waals surface area contributed by atoms with Gasteiger partial charge in [0.2, 0.25) is 0 Å². The minimum Gasteiger partial charge on any atom is -0.434 e. The first-order valence-electron chi connectivity index (χ1n) is 6.59. The molecule has 1 saturated heterocycles. The van der Waals surface area contributed by atoms with Crippen LogP contribution in [0, 0.1) is 5.41 Å². The third-order valence-corrected chi connectivity index (χ3v) is 3.90. The normalized spacial score (nSPS) is 19.9. The number of benzene rings is 1. The van der Waals surface area contributed by atoms with Gasteiger partial charge in [-0.1, -0.05) is 18.2 Å². The number of hydrogen-bond donors (Lipinski definition) is 2. The Bertz CT molecular complexity index is 436. The van der Waals surface area contributed by atoms with E-state index in [1.54, 1.807) is 18.2 Å². The number of ether oxygens (including phenoxy) is 2. The van der Waals surface area contributed by atoms with Crippen LogP contribution in [0.4, 0.5) is 8.78 Å². The van der Waals surface area contributed by atoms with Crippen molar-refractivity contribution >= 4 is 0 Å². The van der Waals surface area contributed by atoms with E-state index in [0.717, 1.165) is 0 Å². The molecular formula is C14H19F2NO3. The number of para-hydroxylation sites is 1. The average molecular weight is 287 g/mol. The standard InChI is InChI=1S/C14H19F2NO3/c15-13(16)20-11-4-2-1-3-10(11)12(18)14(9-17)5-7-19-8-6-14/h1-4,12-13,18H,5-9,17H2. The van der Waals surface area contributed by atoms with E-state index in [0.29, 0.717) is 31.6 Å². The Labute approximate surface area is 116 Å². The third-order valence-electron chi connectivity index (χ3n) is 3.90. The van der Waals surface area contributed by atoms with E-state index in [1.807, 2.05) is 0 Å². The number of rotatable bonds is 5. The van der Waals surface area contributed by atoms with E-state index in [9.17, 15) is 13.9 Å². The molecule has 0 saturated carbocycles. The van der Waals surface area contributed by atoms with Gasteiger partial charge >= 0.3 is 6.61 Å². The third kappa shape index (κ3) is 3.08. The first kappa shape index (κ1) is 15.2. The van der Waals surface area contributed by atoms with Gasteiger partial charge in [0, 0.05) is 30.7 Å². The fourth-order valence-electron chi connectivity index (χ4n) is 2.61. The maximum Gasteiger partial charge on any atom is 0.387 e. The summed E-state index contributed by atoms with van der Waals surface area (Å²) in [5, 5.41) is 10.6. The molecule has 2 rings (SSSR count). The lowest BCUT2D eigenvalue weighted by atomic mass is 9.73. The molecule has 4 nitrogen and oxygen atoms in total. The molecule has 6 heteroatoms. The van der Waals surface area contributed by atoms with Crippen molar-refractivity contribution < 1.29 is 23.4 Å². The summed E-state index contributed by atoms with van der Waals surface area (Å²) in [6.45, 7) is -1.65. The van der Waals surface area contributed by atoms with Gasteiger partial charge < -0.3 is 20.3 Å². The zero-order valence-corrected chi connectivity index (χ0v) is 11.1. The van der Waals surface area contributed by atoms with Crippen LogP contribution >= 0.6 is 0 Å². The molecule has 1 aliphatic rings. The lowest BCUT2D eigenvalue weighted by molar-refractivity contribution is -0.0685. The number of alkyl halides is 2. The first-order valence-corrected chi connectivity index (χ1v) is 6.59. The zero-order chi connectivity index (χ0) is 14.6. The smallest absolute Gasteiger partial charge is 0.387 e. The molecule has 20 heavy (non-hydrogen) atoms. The molecule has 1 aliphatic heterocycles. The molecule has 1 unspecified atom stereocenters. The van der Waals surface area contributed by atoms with Crippen LogP contribution in [0.25, 0.3) is 0 Å². The fraction of sp³-hybridized carbons (Fsp3) is 0.571. The molecule has 1 atom stereocenters. The van der Waals surface area contributed by atoms with E-state index in [1.165, 1.54) is 6.07 Å². The van der Waals surface area contributed by atoms with Gasteiger partial charge in [-0.2, -0.15) is 8.78 Å². The quantitative estimate of drug-likeness (QED) is 0.870. The summed E-state index contributed by atoms with van der Waals surface area (Å²) in [5.74, 6) is -0.00526. The second-order valence-corrected chi connectivity index (χ2v) is 5.00. The lowest BCUT2D eigenvalue weighted by Gasteiger charge is -2.40. The first-order chi connectivity index (χ1) is 9.59. The van der Waals surface area contributed by atoms with Crippen LogP contribution in [0.5, 0.6) is 5.75 Å². The minimum atomic E-state index is -2.92. The number of hydrogen-bond acceptors (Lipinski definition) is 4. The van der Waals surface area contributed by atoms with Gasteiger partial charge in [-0.05, 0) is 18.9 Å². The van der Waals surface area contributed by atoms with Gasteiger partial charge in [0.1, 0.15) is 5.75 Å². The maximum absolute atomic E-state index is 12.4. The van der Waals surface area contributed by atoms with E-state index in [4.69, 9.17) is 10.5 Å². The van der Waals surface area contributed by atoms with Crippen molar-refractivity contribution in [1.29, 1.82) is 0 Å². The summed E-state index contributed by atoms with van der Waals surface area (Å²) >= 11 is 0. The maximum atomic E-state index is 12.4.